The maximum absolute atomic E-state index is 5.40. The van der Waals surface area contributed by atoms with Gasteiger partial charge in [-0.25, -0.2) is 4.98 Å². The Labute approximate surface area is 111 Å². The number of aromatic nitrogens is 2. The van der Waals surface area contributed by atoms with Gasteiger partial charge in [-0.05, 0) is 38.1 Å². The van der Waals surface area contributed by atoms with Crippen molar-refractivity contribution in [2.45, 2.75) is 25.9 Å². The van der Waals surface area contributed by atoms with Crippen molar-refractivity contribution in [3.8, 4) is 0 Å². The van der Waals surface area contributed by atoms with Crippen LogP contribution in [0.15, 0.2) is 47.1 Å². The summed E-state index contributed by atoms with van der Waals surface area (Å²) >= 11 is 0. The summed E-state index contributed by atoms with van der Waals surface area (Å²) in [6.07, 6.45) is 1.69. The van der Waals surface area contributed by atoms with Crippen molar-refractivity contribution in [1.82, 2.24) is 15.3 Å². The van der Waals surface area contributed by atoms with Crippen LogP contribution in [0.1, 0.15) is 37.5 Å². The van der Waals surface area contributed by atoms with E-state index >= 15 is 0 Å². The molecule has 0 fully saturated rings. The summed E-state index contributed by atoms with van der Waals surface area (Å²) in [5.74, 6) is 1.88. The van der Waals surface area contributed by atoms with Crippen LogP contribution < -0.4 is 5.32 Å². The Morgan fingerprint density at radius 3 is 2.68 bits per heavy atom. The van der Waals surface area contributed by atoms with Crippen LogP contribution in [-0.4, -0.2) is 9.97 Å². The van der Waals surface area contributed by atoms with E-state index in [1.807, 2.05) is 36.4 Å². The Balaban J connectivity index is 1.78. The number of benzene rings is 1. The Bertz CT molecular complexity index is 624. The minimum Gasteiger partial charge on any atom is -0.468 e. The summed E-state index contributed by atoms with van der Waals surface area (Å²) in [5, 5.41) is 3.47. The molecule has 19 heavy (non-hydrogen) atoms. The summed E-state index contributed by atoms with van der Waals surface area (Å²) in [5.41, 5.74) is 2.06. The number of hydrogen-bond donors (Lipinski definition) is 2. The molecule has 3 aromatic rings. The van der Waals surface area contributed by atoms with Crippen molar-refractivity contribution in [3.05, 3.63) is 54.2 Å². The number of H-pyrrole nitrogens is 1. The first-order chi connectivity index (χ1) is 9.24. The molecule has 0 radical (unpaired) electrons. The molecular formula is C15H17N3O. The van der Waals surface area contributed by atoms with Crippen molar-refractivity contribution in [2.24, 2.45) is 0 Å². The summed E-state index contributed by atoms with van der Waals surface area (Å²) in [7, 11) is 0. The van der Waals surface area contributed by atoms with E-state index in [1.165, 1.54) is 0 Å². The van der Waals surface area contributed by atoms with Gasteiger partial charge in [0.25, 0.3) is 0 Å². The quantitative estimate of drug-likeness (QED) is 0.749. The predicted molar refractivity (Wildman–Crippen MR) is 74.8 cm³/mol. The molecule has 0 aliphatic carbocycles. The molecule has 2 N–H and O–H groups in total. The summed E-state index contributed by atoms with van der Waals surface area (Å²) < 4.78 is 5.40. The second kappa shape index (κ2) is 4.90. The lowest BCUT2D eigenvalue weighted by atomic mass is 10.2. The zero-order valence-corrected chi connectivity index (χ0v) is 11.1. The summed E-state index contributed by atoms with van der Waals surface area (Å²) in [6.45, 7) is 4.18. The molecule has 4 heteroatoms. The molecule has 2 heterocycles. The minimum absolute atomic E-state index is 0.132. The highest BCUT2D eigenvalue weighted by Crippen LogP contribution is 2.20. The van der Waals surface area contributed by atoms with E-state index in [0.717, 1.165) is 22.6 Å². The molecular weight excluding hydrogens is 238 g/mol. The van der Waals surface area contributed by atoms with Crippen LogP contribution in [0.3, 0.4) is 0 Å². The average Bonchev–Trinajstić information content (AvgIpc) is 3.07. The van der Waals surface area contributed by atoms with Crippen LogP contribution in [0.4, 0.5) is 0 Å². The molecule has 0 aliphatic rings. The third-order valence-electron chi connectivity index (χ3n) is 3.29. The van der Waals surface area contributed by atoms with E-state index in [2.05, 4.69) is 29.1 Å². The first-order valence-electron chi connectivity index (χ1n) is 6.48. The first-order valence-corrected chi connectivity index (χ1v) is 6.48. The van der Waals surface area contributed by atoms with E-state index in [1.54, 1.807) is 6.26 Å². The topological polar surface area (TPSA) is 53.9 Å². The van der Waals surface area contributed by atoms with E-state index in [9.17, 15) is 0 Å². The normalized spacial score (nSPS) is 14.6. The molecule has 0 amide bonds. The monoisotopic (exact) mass is 255 g/mol. The molecule has 4 nitrogen and oxygen atoms in total. The van der Waals surface area contributed by atoms with Crippen LogP contribution in [0, 0.1) is 0 Å². The van der Waals surface area contributed by atoms with E-state index in [0.29, 0.717) is 0 Å². The summed E-state index contributed by atoms with van der Waals surface area (Å²) in [6, 6.07) is 12.2. The Morgan fingerprint density at radius 2 is 1.95 bits per heavy atom. The number of rotatable bonds is 4. The standard InChI is InChI=1S/C15H17N3O/c1-10(14-8-5-9-19-14)16-11(2)15-17-12-6-3-4-7-13(12)18-15/h3-11,16H,1-2H3,(H,17,18). The highest BCUT2D eigenvalue weighted by atomic mass is 16.3. The molecule has 2 unspecified atom stereocenters. The minimum atomic E-state index is 0.132. The third-order valence-corrected chi connectivity index (χ3v) is 3.29. The Hall–Kier alpha value is -2.07. The van der Waals surface area contributed by atoms with Crippen molar-refractivity contribution in [2.75, 3.05) is 0 Å². The largest absolute Gasteiger partial charge is 0.468 e. The second-order valence-corrected chi connectivity index (χ2v) is 4.76. The zero-order valence-electron chi connectivity index (χ0n) is 11.1. The predicted octanol–water partition coefficient (Wildman–Crippen LogP) is 3.57. The zero-order chi connectivity index (χ0) is 13.2. The summed E-state index contributed by atoms with van der Waals surface area (Å²) in [4.78, 5) is 7.94. The van der Waals surface area contributed by atoms with Crippen LogP contribution in [0.2, 0.25) is 0 Å². The van der Waals surface area contributed by atoms with Gasteiger partial charge in [-0.2, -0.15) is 0 Å². The molecule has 1 aromatic carbocycles. The molecule has 0 aliphatic heterocycles. The smallest absolute Gasteiger partial charge is 0.124 e. The fourth-order valence-corrected chi connectivity index (χ4v) is 2.25. The van der Waals surface area contributed by atoms with Crippen LogP contribution in [0.25, 0.3) is 11.0 Å². The number of nitrogens with zero attached hydrogens (tertiary/aromatic N) is 1. The average molecular weight is 255 g/mol. The van der Waals surface area contributed by atoms with Crippen molar-refractivity contribution in [1.29, 1.82) is 0 Å². The molecule has 3 rings (SSSR count). The Morgan fingerprint density at radius 1 is 1.11 bits per heavy atom. The Kier molecular flexibility index (Phi) is 3.09. The van der Waals surface area contributed by atoms with Crippen molar-refractivity contribution < 1.29 is 4.42 Å². The van der Waals surface area contributed by atoms with Gasteiger partial charge in [-0.15, -0.1) is 0 Å². The van der Waals surface area contributed by atoms with Gasteiger partial charge in [-0.1, -0.05) is 12.1 Å². The number of imidazole rings is 1. The third kappa shape index (κ3) is 2.39. The lowest BCUT2D eigenvalue weighted by Crippen LogP contribution is -2.23. The number of nitrogens with one attached hydrogen (secondary N) is 2. The van der Waals surface area contributed by atoms with Gasteiger partial charge < -0.3 is 9.40 Å². The van der Waals surface area contributed by atoms with Crippen LogP contribution in [-0.2, 0) is 0 Å². The van der Waals surface area contributed by atoms with E-state index in [-0.39, 0.29) is 12.1 Å². The number of hydrogen-bond acceptors (Lipinski definition) is 3. The lowest BCUT2D eigenvalue weighted by Gasteiger charge is -2.16. The molecule has 0 spiro atoms. The van der Waals surface area contributed by atoms with Crippen LogP contribution >= 0.6 is 0 Å². The van der Waals surface area contributed by atoms with Crippen LogP contribution in [0.5, 0.6) is 0 Å². The van der Waals surface area contributed by atoms with Gasteiger partial charge in [0.15, 0.2) is 0 Å². The van der Waals surface area contributed by atoms with E-state index in [4.69, 9.17) is 4.42 Å². The van der Waals surface area contributed by atoms with Gasteiger partial charge in [0.05, 0.1) is 29.4 Å². The molecule has 2 aromatic heterocycles. The second-order valence-electron chi connectivity index (χ2n) is 4.76. The van der Waals surface area contributed by atoms with Gasteiger partial charge in [0.1, 0.15) is 11.6 Å². The van der Waals surface area contributed by atoms with Gasteiger partial charge in [-0.3, -0.25) is 5.32 Å². The fourth-order valence-electron chi connectivity index (χ4n) is 2.25. The SMILES string of the molecule is CC(NC(C)c1ccco1)c1nc2ccccc2[nH]1. The number of aromatic amines is 1. The number of fused-ring (bicyclic) bond motifs is 1. The maximum atomic E-state index is 5.40. The molecule has 98 valence electrons. The van der Waals surface area contributed by atoms with Crippen molar-refractivity contribution in [3.63, 3.8) is 0 Å². The molecule has 0 saturated heterocycles. The van der Waals surface area contributed by atoms with Gasteiger partial charge in [0, 0.05) is 0 Å². The highest BCUT2D eigenvalue weighted by molar-refractivity contribution is 5.74. The molecule has 0 bridgehead atoms. The van der Waals surface area contributed by atoms with Crippen molar-refractivity contribution >= 4 is 11.0 Å². The fraction of sp³-hybridized carbons (Fsp3) is 0.267. The van der Waals surface area contributed by atoms with E-state index < -0.39 is 0 Å². The maximum Gasteiger partial charge on any atom is 0.124 e. The highest BCUT2D eigenvalue weighted by Gasteiger charge is 2.15. The van der Waals surface area contributed by atoms with Gasteiger partial charge >= 0.3 is 0 Å². The lowest BCUT2D eigenvalue weighted by molar-refractivity contribution is 0.397. The van der Waals surface area contributed by atoms with Gasteiger partial charge in [0.2, 0.25) is 0 Å². The molecule has 0 saturated carbocycles. The number of para-hydroxylation sites is 2. The first kappa shape index (κ1) is 12.0. The number of furan rings is 1. The molecule has 2 atom stereocenters.